The largest absolute Gasteiger partial charge is 0.324 e. The van der Waals surface area contributed by atoms with Gasteiger partial charge < -0.3 is 5.43 Å². The van der Waals surface area contributed by atoms with Gasteiger partial charge in [-0.05, 0) is 17.3 Å². The normalized spacial score (nSPS) is 9.95. The summed E-state index contributed by atoms with van der Waals surface area (Å²) in [4.78, 5) is 22.1. The number of carbonyl (C=O) groups excluding carboxylic acids is 1. The third-order valence-electron chi connectivity index (χ3n) is 2.12. The lowest BCUT2D eigenvalue weighted by molar-refractivity contribution is -0.385. The monoisotopic (exact) mass is 281 g/mol. The second-order valence-corrected chi connectivity index (χ2v) is 3.99. The minimum Gasteiger partial charge on any atom is -0.324 e. The van der Waals surface area contributed by atoms with Gasteiger partial charge in [-0.2, -0.15) is 0 Å². The lowest BCUT2D eigenvalue weighted by Gasteiger charge is -2.05. The summed E-state index contributed by atoms with van der Waals surface area (Å²) in [5.74, 6) is 4.51. The molecule has 0 atom stereocenters. The molecule has 1 aromatic heterocycles. The van der Waals surface area contributed by atoms with E-state index in [2.05, 4.69) is 25.5 Å². The van der Waals surface area contributed by atoms with E-state index in [0.29, 0.717) is 5.69 Å². The molecule has 1 aromatic carbocycles. The van der Waals surface area contributed by atoms with Crippen molar-refractivity contribution in [3.8, 4) is 0 Å². The summed E-state index contributed by atoms with van der Waals surface area (Å²) in [5.41, 5.74) is 2.19. The Kier molecular flexibility index (Phi) is 3.58. The number of hydrogen-bond donors (Lipinski definition) is 3. The highest BCUT2D eigenvalue weighted by molar-refractivity contribution is 7.09. The van der Waals surface area contributed by atoms with Crippen LogP contribution in [0.15, 0.2) is 18.2 Å². The van der Waals surface area contributed by atoms with Crippen LogP contribution in [0.25, 0.3) is 0 Å². The van der Waals surface area contributed by atoms with Crippen molar-refractivity contribution < 1.29 is 9.72 Å². The van der Waals surface area contributed by atoms with Gasteiger partial charge in [-0.1, -0.05) is 9.59 Å². The zero-order chi connectivity index (χ0) is 13.8. The van der Waals surface area contributed by atoms with Crippen molar-refractivity contribution >= 4 is 33.9 Å². The number of hydrogen-bond acceptors (Lipinski definition) is 9. The third kappa shape index (κ3) is 2.78. The van der Waals surface area contributed by atoms with Crippen LogP contribution in [0, 0.1) is 10.1 Å². The maximum Gasteiger partial charge on any atom is 0.282 e. The van der Waals surface area contributed by atoms with Crippen LogP contribution in [-0.4, -0.2) is 25.6 Å². The summed E-state index contributed by atoms with van der Waals surface area (Å²) in [6, 6.07) is 3.84. The number of nitrogens with one attached hydrogen (secondary N) is 2. The number of nitro groups is 1. The molecular formula is C8H7N7O3S. The fourth-order valence-corrected chi connectivity index (χ4v) is 1.67. The standard InChI is InChI=1S/C8H7N7O3S/c9-11-4-1-2-6(15(17)18)5(3-4)7(16)10-8-12-13-14-19-8/h1-3,11H,9H2,(H,10,12,14,16). The fourth-order valence-electron chi connectivity index (χ4n) is 1.31. The number of carbonyl (C=O) groups is 1. The molecule has 0 radical (unpaired) electrons. The van der Waals surface area contributed by atoms with Crippen molar-refractivity contribution in [3.63, 3.8) is 0 Å². The number of rotatable bonds is 4. The molecule has 0 bridgehead atoms. The third-order valence-corrected chi connectivity index (χ3v) is 2.64. The number of nitrogens with two attached hydrogens (primary N) is 1. The first kappa shape index (κ1) is 12.8. The molecule has 0 saturated carbocycles. The van der Waals surface area contributed by atoms with Gasteiger partial charge in [0.05, 0.1) is 4.92 Å². The number of aromatic nitrogens is 3. The van der Waals surface area contributed by atoms with Crippen LogP contribution < -0.4 is 16.6 Å². The molecule has 0 fully saturated rings. The Morgan fingerprint density at radius 1 is 1.47 bits per heavy atom. The van der Waals surface area contributed by atoms with Gasteiger partial charge in [0.15, 0.2) is 0 Å². The van der Waals surface area contributed by atoms with Crippen LogP contribution in [0.2, 0.25) is 0 Å². The quantitative estimate of drug-likeness (QED) is 0.413. The highest BCUT2D eigenvalue weighted by Gasteiger charge is 2.21. The van der Waals surface area contributed by atoms with Crippen molar-refractivity contribution in [1.82, 2.24) is 14.8 Å². The van der Waals surface area contributed by atoms with Crippen LogP contribution in [0.1, 0.15) is 10.4 Å². The zero-order valence-corrected chi connectivity index (χ0v) is 10.0. The fraction of sp³-hybridized carbons (Fsp3) is 0. The molecule has 0 spiro atoms. The number of benzene rings is 1. The smallest absolute Gasteiger partial charge is 0.282 e. The highest BCUT2D eigenvalue weighted by atomic mass is 32.1. The van der Waals surface area contributed by atoms with Gasteiger partial charge in [0.2, 0.25) is 5.13 Å². The molecule has 1 heterocycles. The van der Waals surface area contributed by atoms with Gasteiger partial charge in [-0.25, -0.2) is 0 Å². The predicted octanol–water partition coefficient (Wildman–Crippen LogP) is 0.379. The number of nitrogens with zero attached hydrogens (tertiary/aromatic N) is 4. The minimum absolute atomic E-state index is 0.143. The van der Waals surface area contributed by atoms with E-state index in [0.717, 1.165) is 11.5 Å². The summed E-state index contributed by atoms with van der Waals surface area (Å²) in [6.45, 7) is 0. The molecule has 2 rings (SSSR count). The van der Waals surface area contributed by atoms with Gasteiger partial charge in [-0.15, -0.1) is 0 Å². The van der Waals surface area contributed by atoms with E-state index in [4.69, 9.17) is 5.84 Å². The molecule has 0 saturated heterocycles. The maximum absolute atomic E-state index is 11.9. The van der Waals surface area contributed by atoms with Crippen molar-refractivity contribution in [2.24, 2.45) is 5.84 Å². The molecule has 0 unspecified atom stereocenters. The second kappa shape index (κ2) is 5.32. The first-order valence-corrected chi connectivity index (χ1v) is 5.60. The zero-order valence-electron chi connectivity index (χ0n) is 9.23. The molecule has 4 N–H and O–H groups in total. The van der Waals surface area contributed by atoms with Crippen LogP contribution in [0.4, 0.5) is 16.5 Å². The summed E-state index contributed by atoms with van der Waals surface area (Å²) in [7, 11) is 0. The van der Waals surface area contributed by atoms with Crippen molar-refractivity contribution in [2.75, 3.05) is 10.7 Å². The van der Waals surface area contributed by atoms with Crippen molar-refractivity contribution in [3.05, 3.63) is 33.9 Å². The average molecular weight is 281 g/mol. The molecule has 0 aliphatic heterocycles. The van der Waals surface area contributed by atoms with Gasteiger partial charge in [-0.3, -0.25) is 26.1 Å². The lowest BCUT2D eigenvalue weighted by Crippen LogP contribution is -2.15. The van der Waals surface area contributed by atoms with Crippen LogP contribution in [0.5, 0.6) is 0 Å². The van der Waals surface area contributed by atoms with Gasteiger partial charge in [0, 0.05) is 23.3 Å². The molecule has 10 nitrogen and oxygen atoms in total. The topological polar surface area (TPSA) is 149 Å². The highest BCUT2D eigenvalue weighted by Crippen LogP contribution is 2.23. The van der Waals surface area contributed by atoms with Crippen LogP contribution >= 0.6 is 11.5 Å². The van der Waals surface area contributed by atoms with E-state index in [-0.39, 0.29) is 16.4 Å². The Bertz CT molecular complexity index is 615. The number of nitro benzene ring substituents is 1. The lowest BCUT2D eigenvalue weighted by atomic mass is 10.1. The Morgan fingerprint density at radius 3 is 2.84 bits per heavy atom. The SMILES string of the molecule is NNc1ccc([N+](=O)[O-])c(C(=O)Nc2nnns2)c1. The van der Waals surface area contributed by atoms with E-state index in [1.54, 1.807) is 0 Å². The summed E-state index contributed by atoms with van der Waals surface area (Å²) in [6.07, 6.45) is 0. The van der Waals surface area contributed by atoms with Gasteiger partial charge >= 0.3 is 0 Å². The van der Waals surface area contributed by atoms with Crippen molar-refractivity contribution in [2.45, 2.75) is 0 Å². The predicted molar refractivity (Wildman–Crippen MR) is 66.6 cm³/mol. The first-order valence-electron chi connectivity index (χ1n) is 4.83. The molecule has 0 aliphatic rings. The van der Waals surface area contributed by atoms with Gasteiger partial charge in [0.1, 0.15) is 5.56 Å². The Balaban J connectivity index is 2.35. The number of anilines is 2. The molecule has 1 amide bonds. The van der Waals surface area contributed by atoms with E-state index in [1.807, 2.05) is 0 Å². The number of amides is 1. The van der Waals surface area contributed by atoms with E-state index < -0.39 is 10.8 Å². The Hall–Kier alpha value is -2.66. The number of hydrazine groups is 1. The summed E-state index contributed by atoms with van der Waals surface area (Å²) >= 11 is 0.856. The Labute approximate surface area is 109 Å². The first-order chi connectivity index (χ1) is 9.11. The summed E-state index contributed by atoms with van der Waals surface area (Å²) in [5, 5.41) is 20.2. The molecule has 0 aliphatic carbocycles. The second-order valence-electron chi connectivity index (χ2n) is 3.26. The minimum atomic E-state index is -0.692. The van der Waals surface area contributed by atoms with E-state index in [9.17, 15) is 14.9 Å². The summed E-state index contributed by atoms with van der Waals surface area (Å²) < 4.78 is 3.46. The molecule has 98 valence electrons. The molecule has 2 aromatic rings. The van der Waals surface area contributed by atoms with Crippen LogP contribution in [0.3, 0.4) is 0 Å². The average Bonchev–Trinajstić information content (AvgIpc) is 2.90. The molecular weight excluding hydrogens is 274 g/mol. The molecule has 11 heteroatoms. The van der Waals surface area contributed by atoms with Crippen LogP contribution in [-0.2, 0) is 0 Å². The molecule has 19 heavy (non-hydrogen) atoms. The van der Waals surface area contributed by atoms with Crippen molar-refractivity contribution in [1.29, 1.82) is 0 Å². The maximum atomic E-state index is 11.9. The van der Waals surface area contributed by atoms with E-state index in [1.165, 1.54) is 18.2 Å². The Morgan fingerprint density at radius 2 is 2.26 bits per heavy atom. The van der Waals surface area contributed by atoms with Gasteiger partial charge in [0.25, 0.3) is 11.6 Å². The van der Waals surface area contributed by atoms with E-state index >= 15 is 0 Å². The number of nitrogen functional groups attached to an aromatic ring is 1.